The largest absolute Gasteiger partial charge is 0.384 e. The number of nitrogen functional groups attached to an aromatic ring is 1. The first kappa shape index (κ1) is 18.5. The summed E-state index contributed by atoms with van der Waals surface area (Å²) in [6, 6.07) is 3.30. The van der Waals surface area contributed by atoms with Gasteiger partial charge in [0.2, 0.25) is 5.91 Å². The molecule has 4 rings (SSSR count). The lowest BCUT2D eigenvalue weighted by molar-refractivity contribution is -0.128. The number of rotatable bonds is 3. The molecule has 28 heavy (non-hydrogen) atoms. The zero-order valence-corrected chi connectivity index (χ0v) is 16.3. The number of hydrogen-bond donors (Lipinski definition) is 1. The average molecular weight is 383 g/mol. The van der Waals surface area contributed by atoms with Crippen molar-refractivity contribution in [1.82, 2.24) is 19.9 Å². The van der Waals surface area contributed by atoms with E-state index >= 15 is 0 Å². The number of nitrogens with zero attached hydrogens (tertiary/aromatic N) is 4. The van der Waals surface area contributed by atoms with Crippen molar-refractivity contribution < 1.29 is 14.1 Å². The lowest BCUT2D eigenvalue weighted by Crippen LogP contribution is -2.44. The van der Waals surface area contributed by atoms with Crippen molar-refractivity contribution in [2.75, 3.05) is 25.4 Å². The van der Waals surface area contributed by atoms with Gasteiger partial charge in [0.25, 0.3) is 5.91 Å². The molecular weight excluding hydrogens is 358 g/mol. The minimum atomic E-state index is -0.0515. The van der Waals surface area contributed by atoms with E-state index in [1.54, 1.807) is 18.3 Å². The Hall–Kier alpha value is -2.90. The van der Waals surface area contributed by atoms with E-state index in [0.29, 0.717) is 37.4 Å². The fourth-order valence-electron chi connectivity index (χ4n) is 4.33. The molecular formula is C20H25N5O3. The highest BCUT2D eigenvalue weighted by molar-refractivity contribution is 5.94. The van der Waals surface area contributed by atoms with Crippen molar-refractivity contribution in [3.8, 4) is 0 Å². The van der Waals surface area contributed by atoms with Crippen molar-refractivity contribution >= 4 is 17.6 Å². The van der Waals surface area contributed by atoms with Gasteiger partial charge in [0.05, 0.1) is 12.2 Å². The lowest BCUT2D eigenvalue weighted by Gasteiger charge is -2.38. The molecule has 0 bridgehead atoms. The number of carbonyl (C=O) groups excluding carboxylic acids is 2. The summed E-state index contributed by atoms with van der Waals surface area (Å²) < 4.78 is 5.22. The number of aryl methyl sites for hydroxylation is 2. The van der Waals surface area contributed by atoms with Crippen LogP contribution in [-0.4, -0.2) is 51.4 Å². The third-order valence-electron chi connectivity index (χ3n) is 6.07. The van der Waals surface area contributed by atoms with Crippen LogP contribution in [0.5, 0.6) is 0 Å². The summed E-state index contributed by atoms with van der Waals surface area (Å²) in [6.07, 6.45) is 3.74. The van der Waals surface area contributed by atoms with Gasteiger partial charge >= 0.3 is 0 Å². The fraction of sp³-hybridized carbons (Fsp3) is 0.500. The molecule has 4 heterocycles. The van der Waals surface area contributed by atoms with E-state index in [0.717, 1.165) is 36.4 Å². The topological polar surface area (TPSA) is 106 Å². The second-order valence-corrected chi connectivity index (χ2v) is 7.99. The molecule has 148 valence electrons. The monoisotopic (exact) mass is 383 g/mol. The van der Waals surface area contributed by atoms with Crippen LogP contribution in [0.25, 0.3) is 0 Å². The molecule has 2 amide bonds. The molecule has 0 aromatic carbocycles. The molecule has 0 atom stereocenters. The van der Waals surface area contributed by atoms with Gasteiger partial charge in [-0.1, -0.05) is 5.16 Å². The van der Waals surface area contributed by atoms with E-state index in [1.165, 1.54) is 0 Å². The first-order valence-electron chi connectivity index (χ1n) is 9.57. The Bertz CT molecular complexity index is 895. The Balaban J connectivity index is 1.40. The number of amides is 2. The lowest BCUT2D eigenvalue weighted by atomic mass is 9.77. The molecule has 2 aliphatic rings. The van der Waals surface area contributed by atoms with Gasteiger partial charge in [-0.25, -0.2) is 4.98 Å². The molecule has 0 radical (unpaired) electrons. The molecule has 2 aliphatic heterocycles. The summed E-state index contributed by atoms with van der Waals surface area (Å²) in [5.41, 5.74) is 8.03. The normalized spacial score (nSPS) is 18.9. The quantitative estimate of drug-likeness (QED) is 0.868. The van der Waals surface area contributed by atoms with Gasteiger partial charge in [-0.2, -0.15) is 0 Å². The van der Waals surface area contributed by atoms with Crippen LogP contribution in [0.2, 0.25) is 0 Å². The number of hydrogen-bond acceptors (Lipinski definition) is 6. The Morgan fingerprint density at radius 1 is 1.32 bits per heavy atom. The highest BCUT2D eigenvalue weighted by Crippen LogP contribution is 2.42. The third-order valence-corrected chi connectivity index (χ3v) is 6.07. The van der Waals surface area contributed by atoms with Gasteiger partial charge in [0.15, 0.2) is 0 Å². The van der Waals surface area contributed by atoms with Crippen molar-refractivity contribution in [2.24, 2.45) is 5.41 Å². The molecule has 1 spiro atoms. The third kappa shape index (κ3) is 3.34. The second-order valence-electron chi connectivity index (χ2n) is 7.99. The highest BCUT2D eigenvalue weighted by Gasteiger charge is 2.45. The molecule has 2 saturated heterocycles. The van der Waals surface area contributed by atoms with Crippen LogP contribution in [0.1, 0.15) is 46.6 Å². The van der Waals surface area contributed by atoms with Crippen molar-refractivity contribution in [2.45, 2.75) is 39.7 Å². The van der Waals surface area contributed by atoms with Crippen LogP contribution in [0.3, 0.4) is 0 Å². The van der Waals surface area contributed by atoms with Crippen LogP contribution >= 0.6 is 0 Å². The Kier molecular flexibility index (Phi) is 4.56. The Morgan fingerprint density at radius 3 is 2.71 bits per heavy atom. The van der Waals surface area contributed by atoms with Crippen LogP contribution < -0.4 is 5.73 Å². The molecule has 2 N–H and O–H groups in total. The van der Waals surface area contributed by atoms with Gasteiger partial charge in [-0.05, 0) is 38.8 Å². The maximum Gasteiger partial charge on any atom is 0.254 e. The fourth-order valence-corrected chi connectivity index (χ4v) is 4.33. The van der Waals surface area contributed by atoms with Crippen molar-refractivity contribution in [1.29, 1.82) is 0 Å². The number of nitrogens with two attached hydrogens (primary N) is 1. The molecule has 0 saturated carbocycles. The highest BCUT2D eigenvalue weighted by atomic mass is 16.5. The minimum absolute atomic E-state index is 0.0270. The standard InChI is InChI=1S/C20H25N5O3/c1-13-16(14(2)28-23-13)11-25-12-20(10-18(25)26)4-7-24(8-5-20)19(27)15-3-6-22-17(21)9-15/h3,6,9H,4-5,7-8,10-12H2,1-2H3,(H2,21,22). The average Bonchev–Trinajstić information content (AvgIpc) is 3.15. The van der Waals surface area contributed by atoms with Crippen LogP contribution in [-0.2, 0) is 11.3 Å². The minimum Gasteiger partial charge on any atom is -0.384 e. The molecule has 8 heteroatoms. The zero-order valence-electron chi connectivity index (χ0n) is 16.3. The smallest absolute Gasteiger partial charge is 0.254 e. The summed E-state index contributed by atoms with van der Waals surface area (Å²) >= 11 is 0. The maximum absolute atomic E-state index is 12.7. The summed E-state index contributed by atoms with van der Waals surface area (Å²) in [4.78, 5) is 33.1. The SMILES string of the molecule is Cc1noc(C)c1CN1CC2(CCN(C(=O)c3ccnc(N)c3)CC2)CC1=O. The predicted molar refractivity (Wildman–Crippen MR) is 102 cm³/mol. The van der Waals surface area contributed by atoms with Crippen molar-refractivity contribution in [3.05, 3.63) is 40.9 Å². The molecule has 8 nitrogen and oxygen atoms in total. The van der Waals surface area contributed by atoms with E-state index in [1.807, 2.05) is 23.6 Å². The van der Waals surface area contributed by atoms with E-state index in [-0.39, 0.29) is 17.2 Å². The Morgan fingerprint density at radius 2 is 2.07 bits per heavy atom. The summed E-state index contributed by atoms with van der Waals surface area (Å²) in [7, 11) is 0. The predicted octanol–water partition coefficient (Wildman–Crippen LogP) is 1.92. The molecule has 0 aliphatic carbocycles. The van der Waals surface area contributed by atoms with Gasteiger partial charge < -0.3 is 20.1 Å². The molecule has 0 unspecified atom stereocenters. The number of aromatic nitrogens is 2. The molecule has 2 fully saturated rings. The summed E-state index contributed by atoms with van der Waals surface area (Å²) in [6.45, 7) is 6.33. The number of likely N-dealkylation sites (tertiary alicyclic amines) is 2. The molecule has 2 aromatic rings. The molecule has 2 aromatic heterocycles. The van der Waals surface area contributed by atoms with Crippen LogP contribution in [0, 0.1) is 19.3 Å². The first-order chi connectivity index (χ1) is 13.4. The van der Waals surface area contributed by atoms with Gasteiger partial charge in [-0.3, -0.25) is 9.59 Å². The number of piperidine rings is 1. The van der Waals surface area contributed by atoms with Crippen molar-refractivity contribution in [3.63, 3.8) is 0 Å². The van der Waals surface area contributed by atoms with E-state index < -0.39 is 0 Å². The Labute approximate surface area is 163 Å². The number of carbonyl (C=O) groups is 2. The van der Waals surface area contributed by atoms with Gasteiger partial charge in [-0.15, -0.1) is 0 Å². The zero-order chi connectivity index (χ0) is 19.9. The van der Waals surface area contributed by atoms with Gasteiger partial charge in [0, 0.05) is 48.8 Å². The van der Waals surface area contributed by atoms with E-state index in [4.69, 9.17) is 10.3 Å². The van der Waals surface area contributed by atoms with E-state index in [9.17, 15) is 9.59 Å². The number of anilines is 1. The van der Waals surface area contributed by atoms with Crippen LogP contribution in [0.4, 0.5) is 5.82 Å². The summed E-state index contributed by atoms with van der Waals surface area (Å²) in [5, 5.41) is 3.98. The second kappa shape index (κ2) is 6.92. The van der Waals surface area contributed by atoms with E-state index in [2.05, 4.69) is 10.1 Å². The maximum atomic E-state index is 12.7. The summed E-state index contributed by atoms with van der Waals surface area (Å²) in [5.74, 6) is 1.25. The number of pyridine rings is 1. The van der Waals surface area contributed by atoms with Gasteiger partial charge in [0.1, 0.15) is 11.6 Å². The first-order valence-corrected chi connectivity index (χ1v) is 9.57. The van der Waals surface area contributed by atoms with Crippen LogP contribution in [0.15, 0.2) is 22.9 Å².